The smallest absolute Gasteiger partial charge is 0.324 e. The molecular weight excluding hydrogens is 288 g/mol. The van der Waals surface area contributed by atoms with E-state index in [4.69, 9.17) is 9.47 Å². The van der Waals surface area contributed by atoms with Crippen LogP contribution in [0.3, 0.4) is 0 Å². The molecule has 0 aliphatic carbocycles. The molecule has 0 fully saturated rings. The number of carbonyl (C=O) groups is 2. The van der Waals surface area contributed by atoms with Gasteiger partial charge in [0.15, 0.2) is 5.41 Å². The number of thioether (sulfide) groups is 1. The van der Waals surface area contributed by atoms with Gasteiger partial charge in [-0.1, -0.05) is 30.3 Å². The van der Waals surface area contributed by atoms with Crippen molar-refractivity contribution in [1.29, 1.82) is 0 Å². The molecule has 4 nitrogen and oxygen atoms in total. The fourth-order valence-electron chi connectivity index (χ4n) is 2.19. The first-order valence-corrected chi connectivity index (χ1v) is 8.23. The van der Waals surface area contributed by atoms with Gasteiger partial charge in [-0.25, -0.2) is 0 Å². The van der Waals surface area contributed by atoms with Gasteiger partial charge >= 0.3 is 11.9 Å². The van der Waals surface area contributed by atoms with Crippen molar-refractivity contribution in [2.45, 2.75) is 26.0 Å². The number of carbonyl (C=O) groups excluding carboxylic acids is 2. The Labute approximate surface area is 130 Å². The molecule has 0 spiro atoms. The van der Waals surface area contributed by atoms with E-state index in [1.54, 1.807) is 20.8 Å². The number of esters is 2. The summed E-state index contributed by atoms with van der Waals surface area (Å²) in [5.74, 6) is -1.10. The zero-order chi connectivity index (χ0) is 15.9. The van der Waals surface area contributed by atoms with Crippen LogP contribution in [0.4, 0.5) is 0 Å². The Morgan fingerprint density at radius 2 is 1.57 bits per heavy atom. The molecule has 0 saturated carbocycles. The van der Waals surface area contributed by atoms with E-state index >= 15 is 0 Å². The first kappa shape index (κ1) is 17.6. The Bertz CT molecular complexity index is 454. The van der Waals surface area contributed by atoms with Gasteiger partial charge in [-0.05, 0) is 32.6 Å². The Kier molecular flexibility index (Phi) is 6.75. The van der Waals surface area contributed by atoms with Gasteiger partial charge in [0.05, 0.1) is 18.5 Å². The molecule has 0 bridgehead atoms. The maximum Gasteiger partial charge on any atom is 0.324 e. The van der Waals surface area contributed by atoms with Gasteiger partial charge in [0.2, 0.25) is 0 Å². The first-order chi connectivity index (χ1) is 10.0. The maximum atomic E-state index is 12.4. The molecule has 0 heterocycles. The van der Waals surface area contributed by atoms with Gasteiger partial charge < -0.3 is 9.47 Å². The molecule has 1 aromatic rings. The third kappa shape index (κ3) is 3.79. The number of hydrogen-bond acceptors (Lipinski definition) is 5. The van der Waals surface area contributed by atoms with Crippen molar-refractivity contribution >= 4 is 23.7 Å². The summed E-state index contributed by atoms with van der Waals surface area (Å²) in [5.41, 5.74) is -0.471. The fourth-order valence-corrected chi connectivity index (χ4v) is 3.29. The average molecular weight is 310 g/mol. The summed E-state index contributed by atoms with van der Waals surface area (Å²) in [7, 11) is 0. The Morgan fingerprint density at radius 3 is 1.95 bits per heavy atom. The quantitative estimate of drug-likeness (QED) is 0.572. The standard InChI is InChI=1S/C16H22O4S/c1-5-19-14(17)16(3,15(18)20-6-2)13(21-4)12-10-8-7-9-11-12/h7-11,13H,5-6H2,1-4H3. The summed E-state index contributed by atoms with van der Waals surface area (Å²) in [4.78, 5) is 24.8. The predicted octanol–water partition coefficient (Wildman–Crippen LogP) is 3.22. The minimum Gasteiger partial charge on any atom is -0.465 e. The maximum absolute atomic E-state index is 12.4. The molecule has 21 heavy (non-hydrogen) atoms. The number of hydrogen-bond donors (Lipinski definition) is 0. The van der Waals surface area contributed by atoms with Crippen LogP contribution < -0.4 is 0 Å². The average Bonchev–Trinajstić information content (AvgIpc) is 2.49. The Hall–Kier alpha value is -1.49. The van der Waals surface area contributed by atoms with Gasteiger partial charge in [-0.2, -0.15) is 11.8 Å². The third-order valence-electron chi connectivity index (χ3n) is 3.26. The molecule has 0 radical (unpaired) electrons. The minimum atomic E-state index is -1.37. The number of rotatable bonds is 7. The van der Waals surface area contributed by atoms with Crippen molar-refractivity contribution < 1.29 is 19.1 Å². The molecule has 1 rings (SSSR count). The van der Waals surface area contributed by atoms with Crippen LogP contribution in [0.2, 0.25) is 0 Å². The van der Waals surface area contributed by atoms with Crippen molar-refractivity contribution in [2.75, 3.05) is 19.5 Å². The van der Waals surface area contributed by atoms with Crippen LogP contribution in [-0.4, -0.2) is 31.4 Å². The summed E-state index contributed by atoms with van der Waals surface area (Å²) in [6, 6.07) is 9.47. The minimum absolute atomic E-state index is 0.226. The molecule has 0 saturated heterocycles. The van der Waals surface area contributed by atoms with E-state index in [1.807, 2.05) is 36.6 Å². The second-order valence-electron chi connectivity index (χ2n) is 4.67. The molecule has 1 atom stereocenters. The lowest BCUT2D eigenvalue weighted by Crippen LogP contribution is -2.43. The van der Waals surface area contributed by atoms with Crippen molar-refractivity contribution in [3.05, 3.63) is 35.9 Å². The van der Waals surface area contributed by atoms with E-state index in [2.05, 4.69) is 0 Å². The summed E-state index contributed by atoms with van der Waals surface area (Å²) in [6.07, 6.45) is 1.87. The van der Waals surface area contributed by atoms with Crippen LogP contribution in [0.1, 0.15) is 31.6 Å². The number of benzene rings is 1. The summed E-state index contributed by atoms with van der Waals surface area (Å²) in [6.45, 7) is 5.49. The highest BCUT2D eigenvalue weighted by atomic mass is 32.2. The molecule has 116 valence electrons. The molecule has 0 aliphatic rings. The SMILES string of the molecule is CCOC(=O)C(C)(C(=O)OCC)C(SC)c1ccccc1. The zero-order valence-electron chi connectivity index (χ0n) is 12.9. The number of ether oxygens (including phenoxy) is 2. The lowest BCUT2D eigenvalue weighted by Gasteiger charge is -2.32. The van der Waals surface area contributed by atoms with E-state index < -0.39 is 17.4 Å². The molecule has 5 heteroatoms. The normalized spacial score (nSPS) is 12.6. The molecule has 0 aliphatic heterocycles. The van der Waals surface area contributed by atoms with E-state index in [-0.39, 0.29) is 18.5 Å². The molecule has 0 N–H and O–H groups in total. The van der Waals surface area contributed by atoms with E-state index in [1.165, 1.54) is 11.8 Å². The van der Waals surface area contributed by atoms with Gasteiger partial charge in [-0.3, -0.25) is 9.59 Å². The highest BCUT2D eigenvalue weighted by Gasteiger charge is 2.51. The van der Waals surface area contributed by atoms with Crippen LogP contribution in [0.15, 0.2) is 30.3 Å². The van der Waals surface area contributed by atoms with Crippen LogP contribution in [0, 0.1) is 5.41 Å². The second-order valence-corrected chi connectivity index (χ2v) is 5.61. The first-order valence-electron chi connectivity index (χ1n) is 6.94. The van der Waals surface area contributed by atoms with Crippen LogP contribution in [0.25, 0.3) is 0 Å². The summed E-state index contributed by atoms with van der Waals surface area (Å²) in [5, 5.41) is -0.364. The van der Waals surface area contributed by atoms with Gasteiger partial charge in [-0.15, -0.1) is 0 Å². The Balaban J connectivity index is 3.26. The topological polar surface area (TPSA) is 52.6 Å². The van der Waals surface area contributed by atoms with E-state index in [0.29, 0.717) is 0 Å². The van der Waals surface area contributed by atoms with Crippen molar-refractivity contribution in [1.82, 2.24) is 0 Å². The molecular formula is C16H22O4S. The van der Waals surface area contributed by atoms with Crippen molar-refractivity contribution in [2.24, 2.45) is 5.41 Å². The lowest BCUT2D eigenvalue weighted by atomic mass is 9.83. The zero-order valence-corrected chi connectivity index (χ0v) is 13.7. The largest absolute Gasteiger partial charge is 0.465 e. The van der Waals surface area contributed by atoms with Gasteiger partial charge in [0.1, 0.15) is 0 Å². The highest BCUT2D eigenvalue weighted by molar-refractivity contribution is 7.98. The van der Waals surface area contributed by atoms with Crippen LogP contribution in [0.5, 0.6) is 0 Å². The molecule has 0 amide bonds. The fraction of sp³-hybridized carbons (Fsp3) is 0.500. The second kappa shape index (κ2) is 8.08. The summed E-state index contributed by atoms with van der Waals surface area (Å²) < 4.78 is 10.3. The van der Waals surface area contributed by atoms with Crippen molar-refractivity contribution in [3.63, 3.8) is 0 Å². The molecule has 0 aromatic heterocycles. The Morgan fingerprint density at radius 1 is 1.10 bits per heavy atom. The lowest BCUT2D eigenvalue weighted by molar-refractivity contribution is -0.170. The van der Waals surface area contributed by atoms with Crippen LogP contribution in [-0.2, 0) is 19.1 Å². The highest BCUT2D eigenvalue weighted by Crippen LogP contribution is 2.45. The third-order valence-corrected chi connectivity index (χ3v) is 4.48. The summed E-state index contributed by atoms with van der Waals surface area (Å²) >= 11 is 1.44. The van der Waals surface area contributed by atoms with Crippen LogP contribution >= 0.6 is 11.8 Å². The molecule has 1 aromatic carbocycles. The van der Waals surface area contributed by atoms with Crippen molar-refractivity contribution in [3.8, 4) is 0 Å². The van der Waals surface area contributed by atoms with E-state index in [0.717, 1.165) is 5.56 Å². The monoisotopic (exact) mass is 310 g/mol. The van der Waals surface area contributed by atoms with E-state index in [9.17, 15) is 9.59 Å². The molecule has 1 unspecified atom stereocenters. The van der Waals surface area contributed by atoms with Gasteiger partial charge in [0.25, 0.3) is 0 Å². The predicted molar refractivity (Wildman–Crippen MR) is 84.1 cm³/mol. The van der Waals surface area contributed by atoms with Gasteiger partial charge in [0, 0.05) is 0 Å².